The van der Waals surface area contributed by atoms with Crippen LogP contribution in [0, 0.1) is 19.7 Å². The summed E-state index contributed by atoms with van der Waals surface area (Å²) in [6.07, 6.45) is 4.13. The summed E-state index contributed by atoms with van der Waals surface area (Å²) >= 11 is 0. The number of aliphatic hydroxyl groups is 1. The molecule has 0 saturated heterocycles. The Hall–Kier alpha value is -3.71. The molecule has 0 fully saturated rings. The average molecular weight is 445 g/mol. The first-order valence-corrected chi connectivity index (χ1v) is 10.9. The molecule has 2 unspecified atom stereocenters. The minimum absolute atomic E-state index is 0.00426. The van der Waals surface area contributed by atoms with Gasteiger partial charge in [0.25, 0.3) is 5.56 Å². The number of pyridine rings is 1. The van der Waals surface area contributed by atoms with Gasteiger partial charge < -0.3 is 19.0 Å². The Labute approximate surface area is 190 Å². The smallest absolute Gasteiger partial charge is 0.257 e. The molecule has 0 amide bonds. The SMILES string of the molecule is Cc1cn(-c2ccc(C(O)c3cc(F)cn(C4CCOc5ccccc54)c3=O)cc2C)cn1. The third-order valence-electron chi connectivity index (χ3n) is 6.12. The van der Waals surface area contributed by atoms with Crippen molar-refractivity contribution in [3.63, 3.8) is 0 Å². The topological polar surface area (TPSA) is 69.3 Å². The number of benzene rings is 2. The Bertz CT molecular complexity index is 1390. The monoisotopic (exact) mass is 445 g/mol. The number of rotatable bonds is 4. The third-order valence-corrected chi connectivity index (χ3v) is 6.12. The van der Waals surface area contributed by atoms with Gasteiger partial charge in [0.05, 0.1) is 30.2 Å². The molecule has 0 saturated carbocycles. The third kappa shape index (κ3) is 3.85. The summed E-state index contributed by atoms with van der Waals surface area (Å²) in [7, 11) is 0. The Kier molecular flexibility index (Phi) is 5.34. The highest BCUT2D eigenvalue weighted by Gasteiger charge is 2.26. The lowest BCUT2D eigenvalue weighted by Crippen LogP contribution is -2.32. The number of ether oxygens (including phenoxy) is 1. The largest absolute Gasteiger partial charge is 0.493 e. The molecule has 33 heavy (non-hydrogen) atoms. The molecule has 0 bridgehead atoms. The van der Waals surface area contributed by atoms with Crippen LogP contribution in [0.1, 0.15) is 46.5 Å². The lowest BCUT2D eigenvalue weighted by Gasteiger charge is -2.28. The number of hydrogen-bond donors (Lipinski definition) is 1. The predicted molar refractivity (Wildman–Crippen MR) is 122 cm³/mol. The van der Waals surface area contributed by atoms with E-state index >= 15 is 0 Å². The fraction of sp³-hybridized carbons (Fsp3) is 0.231. The number of imidazole rings is 1. The Morgan fingerprint density at radius 2 is 1.97 bits per heavy atom. The summed E-state index contributed by atoms with van der Waals surface area (Å²) in [6.45, 7) is 4.26. The zero-order valence-electron chi connectivity index (χ0n) is 18.4. The van der Waals surface area contributed by atoms with Crippen molar-refractivity contribution in [2.24, 2.45) is 0 Å². The highest BCUT2D eigenvalue weighted by Crippen LogP contribution is 2.34. The molecule has 3 heterocycles. The van der Waals surface area contributed by atoms with Crippen LogP contribution in [0.3, 0.4) is 0 Å². The van der Waals surface area contributed by atoms with Crippen molar-refractivity contribution in [2.75, 3.05) is 6.61 Å². The quantitative estimate of drug-likeness (QED) is 0.510. The molecular weight excluding hydrogens is 421 g/mol. The van der Waals surface area contributed by atoms with E-state index in [9.17, 15) is 14.3 Å². The highest BCUT2D eigenvalue weighted by molar-refractivity contribution is 5.45. The molecule has 6 nitrogen and oxygen atoms in total. The molecule has 0 spiro atoms. The average Bonchev–Trinajstić information content (AvgIpc) is 3.25. The maximum absolute atomic E-state index is 14.7. The standard InChI is InChI=1S/C26H24FN3O3/c1-16-11-18(7-8-22(16)29-13-17(2)28-15-29)25(31)21-12-19(27)14-30(26(21)32)23-9-10-33-24-6-4-3-5-20(23)24/h3-8,11-15,23,25,31H,9-10H2,1-2H3. The Morgan fingerprint density at radius 1 is 1.15 bits per heavy atom. The van der Waals surface area contributed by atoms with E-state index in [1.807, 2.05) is 61.0 Å². The van der Waals surface area contributed by atoms with Gasteiger partial charge in [-0.1, -0.05) is 30.3 Å². The first-order valence-electron chi connectivity index (χ1n) is 10.9. The molecule has 1 N–H and O–H groups in total. The van der Waals surface area contributed by atoms with Crippen molar-refractivity contribution in [1.82, 2.24) is 14.1 Å². The number of aryl methyl sites for hydroxylation is 2. The summed E-state index contributed by atoms with van der Waals surface area (Å²) in [6, 6.07) is 13.6. The summed E-state index contributed by atoms with van der Waals surface area (Å²) in [5.41, 5.74) is 3.65. The minimum Gasteiger partial charge on any atom is -0.493 e. The van der Waals surface area contributed by atoms with Gasteiger partial charge in [-0.2, -0.15) is 0 Å². The van der Waals surface area contributed by atoms with Gasteiger partial charge in [0, 0.05) is 30.1 Å². The first-order chi connectivity index (χ1) is 15.9. The van der Waals surface area contributed by atoms with Gasteiger partial charge in [0.2, 0.25) is 0 Å². The number of nitrogens with zero attached hydrogens (tertiary/aromatic N) is 3. The van der Waals surface area contributed by atoms with Crippen LogP contribution in [-0.2, 0) is 0 Å². The Balaban J connectivity index is 1.54. The number of para-hydroxylation sites is 1. The van der Waals surface area contributed by atoms with E-state index in [-0.39, 0.29) is 11.6 Å². The van der Waals surface area contributed by atoms with Gasteiger partial charge >= 0.3 is 0 Å². The number of fused-ring (bicyclic) bond motifs is 1. The summed E-state index contributed by atoms with van der Waals surface area (Å²) in [4.78, 5) is 17.7. The van der Waals surface area contributed by atoms with Crippen LogP contribution >= 0.6 is 0 Å². The van der Waals surface area contributed by atoms with Crippen molar-refractivity contribution >= 4 is 0 Å². The number of hydrogen-bond acceptors (Lipinski definition) is 4. The van der Waals surface area contributed by atoms with Gasteiger partial charge in [0.1, 0.15) is 17.7 Å². The van der Waals surface area contributed by atoms with E-state index in [0.29, 0.717) is 24.3 Å². The van der Waals surface area contributed by atoms with Gasteiger partial charge in [-0.25, -0.2) is 9.37 Å². The molecule has 0 aliphatic carbocycles. The van der Waals surface area contributed by atoms with Crippen molar-refractivity contribution in [2.45, 2.75) is 32.4 Å². The van der Waals surface area contributed by atoms with Crippen LogP contribution in [0.4, 0.5) is 4.39 Å². The van der Waals surface area contributed by atoms with E-state index in [1.54, 1.807) is 12.4 Å². The Morgan fingerprint density at radius 3 is 2.73 bits per heavy atom. The van der Waals surface area contributed by atoms with Gasteiger partial charge in [-0.15, -0.1) is 0 Å². The maximum atomic E-state index is 14.7. The maximum Gasteiger partial charge on any atom is 0.257 e. The summed E-state index contributed by atoms with van der Waals surface area (Å²) in [5.74, 6) is 0.114. The lowest BCUT2D eigenvalue weighted by molar-refractivity contribution is 0.215. The fourth-order valence-electron chi connectivity index (χ4n) is 4.50. The molecule has 2 aromatic heterocycles. The minimum atomic E-state index is -1.26. The van der Waals surface area contributed by atoms with E-state index in [4.69, 9.17) is 4.74 Å². The second-order valence-electron chi connectivity index (χ2n) is 8.39. The van der Waals surface area contributed by atoms with Crippen molar-refractivity contribution in [1.29, 1.82) is 0 Å². The second kappa shape index (κ2) is 8.33. The van der Waals surface area contributed by atoms with E-state index < -0.39 is 17.5 Å². The molecule has 7 heteroatoms. The normalized spacial score (nSPS) is 16.2. The molecule has 4 aromatic rings. The zero-order valence-corrected chi connectivity index (χ0v) is 18.4. The van der Waals surface area contributed by atoms with Gasteiger partial charge in [-0.3, -0.25) is 4.79 Å². The second-order valence-corrected chi connectivity index (χ2v) is 8.39. The van der Waals surface area contributed by atoms with E-state index in [2.05, 4.69) is 4.98 Å². The van der Waals surface area contributed by atoms with Crippen molar-refractivity contribution in [3.8, 4) is 11.4 Å². The van der Waals surface area contributed by atoms with Crippen LogP contribution in [0.5, 0.6) is 5.75 Å². The molecule has 0 radical (unpaired) electrons. The number of aromatic nitrogens is 3. The summed E-state index contributed by atoms with van der Waals surface area (Å²) < 4.78 is 23.6. The van der Waals surface area contributed by atoms with E-state index in [0.717, 1.165) is 28.6 Å². The van der Waals surface area contributed by atoms with Crippen LogP contribution < -0.4 is 10.3 Å². The predicted octanol–water partition coefficient (Wildman–Crippen LogP) is 4.24. The first kappa shape index (κ1) is 21.2. The van der Waals surface area contributed by atoms with Crippen molar-refractivity contribution in [3.05, 3.63) is 111 Å². The molecular formula is C26H24FN3O3. The van der Waals surface area contributed by atoms with Crippen LogP contribution in [-0.4, -0.2) is 25.8 Å². The van der Waals surface area contributed by atoms with Crippen molar-refractivity contribution < 1.29 is 14.2 Å². The van der Waals surface area contributed by atoms with Crippen LogP contribution in [0.15, 0.2) is 72.0 Å². The molecule has 5 rings (SSSR count). The number of aliphatic hydroxyl groups excluding tert-OH is 1. The molecule has 168 valence electrons. The van der Waals surface area contributed by atoms with Gasteiger partial charge in [0.15, 0.2) is 0 Å². The lowest BCUT2D eigenvalue weighted by atomic mass is 9.97. The molecule has 2 atom stereocenters. The highest BCUT2D eigenvalue weighted by atomic mass is 19.1. The van der Waals surface area contributed by atoms with Crippen LogP contribution in [0.25, 0.3) is 5.69 Å². The molecule has 2 aromatic carbocycles. The fourth-order valence-corrected chi connectivity index (χ4v) is 4.50. The van der Waals surface area contributed by atoms with E-state index in [1.165, 1.54) is 10.8 Å². The summed E-state index contributed by atoms with van der Waals surface area (Å²) in [5, 5.41) is 11.1. The molecule has 1 aliphatic rings. The molecule has 1 aliphatic heterocycles. The van der Waals surface area contributed by atoms with Gasteiger partial charge in [-0.05, 0) is 43.2 Å². The number of halogens is 1. The van der Waals surface area contributed by atoms with Crippen LogP contribution in [0.2, 0.25) is 0 Å². The zero-order chi connectivity index (χ0) is 23.1.